The van der Waals surface area contributed by atoms with Gasteiger partial charge in [0.1, 0.15) is 0 Å². The molecule has 2 amide bonds. The summed E-state index contributed by atoms with van der Waals surface area (Å²) in [6.07, 6.45) is -8.37. The van der Waals surface area contributed by atoms with E-state index in [0.717, 1.165) is 0 Å². The Hall–Kier alpha value is -1.05. The van der Waals surface area contributed by atoms with Crippen molar-refractivity contribution in [2.45, 2.75) is 12.5 Å². The number of halogens is 4. The number of rotatable bonds is 5. The molecule has 0 spiro atoms. The molecule has 0 aromatic carbocycles. The molecule has 0 aromatic heterocycles. The number of hydrogen-bond donors (Lipinski definition) is 2. The van der Waals surface area contributed by atoms with E-state index in [-0.39, 0.29) is 6.54 Å². The topological polar surface area (TPSA) is 64.4 Å². The summed E-state index contributed by atoms with van der Waals surface area (Å²) in [7, 11) is 0. The molecule has 8 heteroatoms. The third kappa shape index (κ3) is 5.23. The van der Waals surface area contributed by atoms with E-state index < -0.39 is 25.2 Å². The van der Waals surface area contributed by atoms with Gasteiger partial charge in [-0.05, 0) is 0 Å². The molecule has 0 aromatic rings. The van der Waals surface area contributed by atoms with Gasteiger partial charge >= 0.3 is 18.6 Å². The minimum atomic E-state index is -4.49. The second kappa shape index (κ2) is 4.85. The third-order valence-electron chi connectivity index (χ3n) is 0.950. The van der Waals surface area contributed by atoms with E-state index in [2.05, 4.69) is 10.5 Å². The van der Waals surface area contributed by atoms with Gasteiger partial charge in [0.15, 0.2) is 0 Å². The van der Waals surface area contributed by atoms with Crippen molar-refractivity contribution in [3.05, 3.63) is 0 Å². The first-order valence-corrected chi connectivity index (χ1v) is 3.19. The molecule has 0 aliphatic heterocycles. The van der Waals surface area contributed by atoms with Crippen LogP contribution in [0, 0.1) is 0 Å². The maximum atomic E-state index is 12.0. The van der Waals surface area contributed by atoms with Crippen molar-refractivity contribution in [3.8, 4) is 0 Å². The van der Waals surface area contributed by atoms with Crippen LogP contribution in [0.15, 0.2) is 0 Å². The maximum absolute atomic E-state index is 12.0. The highest BCUT2D eigenvalue weighted by molar-refractivity contribution is 5.71. The smallest absolute Gasteiger partial charge is 0.352 e. The number of amides is 2. The highest BCUT2D eigenvalue weighted by atomic mass is 19.3. The Bertz CT molecular complexity index is 176. The summed E-state index contributed by atoms with van der Waals surface area (Å²) in [5, 5.41) is 1.89. The molecular weight excluding hydrogens is 196 g/mol. The second-order valence-corrected chi connectivity index (χ2v) is 2.00. The van der Waals surface area contributed by atoms with Crippen LogP contribution in [0.1, 0.15) is 0 Å². The first kappa shape index (κ1) is 11.9. The Labute approximate surface area is 71.0 Å². The van der Waals surface area contributed by atoms with Crippen molar-refractivity contribution in [3.63, 3.8) is 0 Å². The molecule has 0 bridgehead atoms. The number of primary amides is 1. The van der Waals surface area contributed by atoms with Gasteiger partial charge in [-0.3, -0.25) is 0 Å². The standard InChI is InChI=1S/C5H8F4N2O2/c6-3(7)5(8,9)13-2-1-11-4(10)12/h3H,1-2H2,(H3,10,11,12). The Balaban J connectivity index is 3.58. The SMILES string of the molecule is NC(=O)NCCOC(F)(F)C(F)F. The highest BCUT2D eigenvalue weighted by Gasteiger charge is 2.41. The van der Waals surface area contributed by atoms with Crippen LogP contribution in [-0.2, 0) is 4.74 Å². The fourth-order valence-corrected chi connectivity index (χ4v) is 0.424. The quantitative estimate of drug-likeness (QED) is 0.506. The predicted octanol–water partition coefficient (Wildman–Crippen LogP) is 0.529. The maximum Gasteiger partial charge on any atom is 0.416 e. The van der Waals surface area contributed by atoms with Gasteiger partial charge in [0.05, 0.1) is 6.61 Å². The summed E-state index contributed by atoms with van der Waals surface area (Å²) in [6, 6.07) is -0.941. The van der Waals surface area contributed by atoms with Gasteiger partial charge in [0.25, 0.3) is 0 Å². The van der Waals surface area contributed by atoms with Crippen LogP contribution in [0.4, 0.5) is 22.4 Å². The van der Waals surface area contributed by atoms with Gasteiger partial charge in [-0.2, -0.15) is 8.78 Å². The van der Waals surface area contributed by atoms with Crippen LogP contribution >= 0.6 is 0 Å². The highest BCUT2D eigenvalue weighted by Crippen LogP contribution is 2.23. The van der Waals surface area contributed by atoms with Crippen LogP contribution in [-0.4, -0.2) is 31.7 Å². The van der Waals surface area contributed by atoms with Gasteiger partial charge in [-0.1, -0.05) is 0 Å². The van der Waals surface area contributed by atoms with Crippen LogP contribution in [0.2, 0.25) is 0 Å². The lowest BCUT2D eigenvalue weighted by atomic mass is 10.6. The molecule has 4 nitrogen and oxygen atoms in total. The molecule has 13 heavy (non-hydrogen) atoms. The van der Waals surface area contributed by atoms with Crippen molar-refractivity contribution >= 4 is 6.03 Å². The molecule has 0 rings (SSSR count). The zero-order valence-electron chi connectivity index (χ0n) is 6.40. The second-order valence-electron chi connectivity index (χ2n) is 2.00. The van der Waals surface area contributed by atoms with E-state index >= 15 is 0 Å². The van der Waals surface area contributed by atoms with Gasteiger partial charge < -0.3 is 15.8 Å². The zero-order chi connectivity index (χ0) is 10.5. The van der Waals surface area contributed by atoms with Crippen molar-refractivity contribution in [1.29, 1.82) is 0 Å². The first-order valence-electron chi connectivity index (χ1n) is 3.19. The number of urea groups is 1. The number of carbonyl (C=O) groups excluding carboxylic acids is 1. The van der Waals surface area contributed by atoms with E-state index in [1.807, 2.05) is 5.32 Å². The summed E-state index contributed by atoms with van der Waals surface area (Å²) < 4.78 is 50.2. The van der Waals surface area contributed by atoms with E-state index in [1.165, 1.54) is 0 Å². The molecule has 3 N–H and O–H groups in total. The lowest BCUT2D eigenvalue weighted by Gasteiger charge is -2.15. The Morgan fingerprint density at radius 3 is 2.46 bits per heavy atom. The molecule has 0 radical (unpaired) electrons. The summed E-state index contributed by atoms with van der Waals surface area (Å²) in [6.45, 7) is -1.09. The first-order chi connectivity index (χ1) is 5.86. The van der Waals surface area contributed by atoms with Crippen molar-refractivity contribution < 1.29 is 27.1 Å². The molecule has 0 unspecified atom stereocenters. The largest absolute Gasteiger partial charge is 0.416 e. The minimum Gasteiger partial charge on any atom is -0.352 e. The molecule has 78 valence electrons. The van der Waals surface area contributed by atoms with Crippen LogP contribution in [0.3, 0.4) is 0 Å². The monoisotopic (exact) mass is 204 g/mol. The number of carbonyl (C=O) groups is 1. The summed E-state index contributed by atoms with van der Waals surface area (Å²) in [4.78, 5) is 9.98. The van der Waals surface area contributed by atoms with Gasteiger partial charge in [-0.25, -0.2) is 13.6 Å². The fourth-order valence-electron chi connectivity index (χ4n) is 0.424. The molecule has 0 aliphatic carbocycles. The normalized spacial score (nSPS) is 11.8. The number of nitrogens with one attached hydrogen (secondary N) is 1. The summed E-state index contributed by atoms with van der Waals surface area (Å²) >= 11 is 0. The summed E-state index contributed by atoms with van der Waals surface area (Å²) in [5.74, 6) is 0. The average Bonchev–Trinajstić information content (AvgIpc) is 1.97. The van der Waals surface area contributed by atoms with Crippen LogP contribution < -0.4 is 11.1 Å². The fraction of sp³-hybridized carbons (Fsp3) is 0.800. The lowest BCUT2D eigenvalue weighted by Crippen LogP contribution is -2.36. The Morgan fingerprint density at radius 1 is 1.54 bits per heavy atom. The number of nitrogens with two attached hydrogens (primary N) is 1. The summed E-state index contributed by atoms with van der Waals surface area (Å²) in [5.41, 5.74) is 4.56. The molecule has 0 aliphatic rings. The number of hydrogen-bond acceptors (Lipinski definition) is 2. The van der Waals surface area contributed by atoms with Crippen molar-refractivity contribution in [1.82, 2.24) is 5.32 Å². The lowest BCUT2D eigenvalue weighted by molar-refractivity contribution is -0.299. The third-order valence-corrected chi connectivity index (χ3v) is 0.950. The number of ether oxygens (including phenoxy) is 1. The van der Waals surface area contributed by atoms with Gasteiger partial charge in [-0.15, -0.1) is 0 Å². The molecular formula is C5H8F4N2O2. The van der Waals surface area contributed by atoms with Crippen LogP contribution in [0.25, 0.3) is 0 Å². The van der Waals surface area contributed by atoms with Crippen molar-refractivity contribution in [2.75, 3.05) is 13.2 Å². The van der Waals surface area contributed by atoms with Gasteiger partial charge in [0, 0.05) is 6.54 Å². The van der Waals surface area contributed by atoms with Crippen molar-refractivity contribution in [2.24, 2.45) is 5.73 Å². The van der Waals surface area contributed by atoms with Crippen LogP contribution in [0.5, 0.6) is 0 Å². The zero-order valence-corrected chi connectivity index (χ0v) is 6.40. The molecule has 0 atom stereocenters. The van der Waals surface area contributed by atoms with E-state index in [9.17, 15) is 22.4 Å². The van der Waals surface area contributed by atoms with E-state index in [1.54, 1.807) is 0 Å². The molecule has 0 heterocycles. The Morgan fingerprint density at radius 2 is 2.08 bits per heavy atom. The predicted molar refractivity (Wildman–Crippen MR) is 34.5 cm³/mol. The Kier molecular flexibility index (Phi) is 4.46. The molecule has 0 saturated carbocycles. The van der Waals surface area contributed by atoms with E-state index in [0.29, 0.717) is 0 Å². The minimum absolute atomic E-state index is 0.350. The molecule has 0 saturated heterocycles. The molecule has 0 fully saturated rings. The average molecular weight is 204 g/mol. The number of alkyl halides is 4. The van der Waals surface area contributed by atoms with Gasteiger partial charge in [0.2, 0.25) is 0 Å². The van der Waals surface area contributed by atoms with E-state index in [4.69, 9.17) is 0 Å².